The van der Waals surface area contributed by atoms with Crippen LogP contribution in [0.4, 0.5) is 34.1 Å². The van der Waals surface area contributed by atoms with Gasteiger partial charge in [0.1, 0.15) is 11.5 Å². The van der Waals surface area contributed by atoms with Crippen LogP contribution in [-0.4, -0.2) is 13.2 Å². The third-order valence-electron chi connectivity index (χ3n) is 18.0. The molecule has 0 amide bonds. The van der Waals surface area contributed by atoms with Crippen molar-refractivity contribution < 1.29 is 9.47 Å². The number of fused-ring (bicyclic) bond motifs is 4. The number of nitrogens with zero attached hydrogens (tertiary/aromatic N) is 2. The van der Waals surface area contributed by atoms with Crippen LogP contribution in [-0.2, 0) is 12.8 Å². The van der Waals surface area contributed by atoms with Crippen LogP contribution in [0, 0.1) is 0 Å². The maximum absolute atomic E-state index is 6.41. The zero-order valence-corrected chi connectivity index (χ0v) is 58.2. The Balaban J connectivity index is 0.862. The van der Waals surface area contributed by atoms with E-state index < -0.39 is 0 Å². The molecule has 10 rings (SSSR count). The lowest BCUT2D eigenvalue weighted by Crippen LogP contribution is -2.15. The molecular weight excluding hydrogens is 1170 g/mol. The molecule has 0 aliphatic carbocycles. The largest absolute Gasteiger partial charge is 0.494 e. The van der Waals surface area contributed by atoms with Gasteiger partial charge in [0.05, 0.1) is 36.0 Å². The van der Waals surface area contributed by atoms with Gasteiger partial charge in [0, 0.05) is 45.6 Å². The molecule has 0 spiro atoms. The summed E-state index contributed by atoms with van der Waals surface area (Å²) in [5.74, 6) is 1.88. The number of thiophene rings is 2. The van der Waals surface area contributed by atoms with Gasteiger partial charge in [0.25, 0.3) is 0 Å². The van der Waals surface area contributed by atoms with Crippen molar-refractivity contribution in [2.75, 3.05) is 23.0 Å². The fourth-order valence-corrected chi connectivity index (χ4v) is 17.4. The van der Waals surface area contributed by atoms with Crippen LogP contribution in [0.15, 0.2) is 164 Å². The van der Waals surface area contributed by atoms with E-state index in [1.165, 1.54) is 258 Å². The molecule has 476 valence electrons. The number of benzene rings is 6. The van der Waals surface area contributed by atoms with Crippen LogP contribution in [0.2, 0.25) is 0 Å². The monoisotopic (exact) mass is 1270 g/mol. The number of aryl methyl sites for hydroxylation is 2. The Morgan fingerprint density at radius 2 is 0.800 bits per heavy atom. The first-order valence-corrected chi connectivity index (χ1v) is 38.7. The predicted octanol–water partition coefficient (Wildman–Crippen LogP) is 28.0. The van der Waals surface area contributed by atoms with Gasteiger partial charge in [-0.1, -0.05) is 248 Å². The molecule has 90 heavy (non-hydrogen) atoms. The number of ether oxygens (including phenoxy) is 2. The molecule has 2 aromatic heterocycles. The summed E-state index contributed by atoms with van der Waals surface area (Å²) in [4.78, 5) is 14.3. The lowest BCUT2D eigenvalue weighted by atomic mass is 10.0. The molecule has 0 fully saturated rings. The SMILES string of the molecule is CCCCCCCCCCCCOc1ccc(N2c3ccccc3Sc3cc(/C=C/c4ccc5c(c4)Sc4ccc(-c6cc(CCCCCC)c(-c7sccc7CCCCCC)s6)cc4N5c4ccc(OCCCCCCCCCCCC)cc4)ccc32)cc1. The van der Waals surface area contributed by atoms with Crippen molar-refractivity contribution in [1.29, 1.82) is 0 Å². The van der Waals surface area contributed by atoms with E-state index in [1.807, 2.05) is 46.2 Å². The molecule has 4 nitrogen and oxygen atoms in total. The highest BCUT2D eigenvalue weighted by Crippen LogP contribution is 2.55. The Labute approximate surface area is 559 Å². The molecule has 6 aromatic carbocycles. The minimum absolute atomic E-state index is 0.762. The quantitative estimate of drug-likeness (QED) is 0.0280. The van der Waals surface area contributed by atoms with Crippen molar-refractivity contribution in [2.24, 2.45) is 0 Å². The predicted molar refractivity (Wildman–Crippen MR) is 396 cm³/mol. The highest BCUT2D eigenvalue weighted by Gasteiger charge is 2.28. The van der Waals surface area contributed by atoms with Crippen molar-refractivity contribution in [3.63, 3.8) is 0 Å². The van der Waals surface area contributed by atoms with Gasteiger partial charge in [-0.15, -0.1) is 22.7 Å². The average molecular weight is 1280 g/mol. The van der Waals surface area contributed by atoms with Gasteiger partial charge in [-0.2, -0.15) is 0 Å². The first-order valence-electron chi connectivity index (χ1n) is 35.3. The molecule has 0 N–H and O–H groups in total. The zero-order chi connectivity index (χ0) is 62.0. The first kappa shape index (κ1) is 67.3. The summed E-state index contributed by atoms with van der Waals surface area (Å²) in [5, 5.41) is 2.33. The van der Waals surface area contributed by atoms with Gasteiger partial charge in [-0.3, -0.25) is 0 Å². The summed E-state index contributed by atoms with van der Waals surface area (Å²) in [7, 11) is 0. The van der Waals surface area contributed by atoms with Gasteiger partial charge in [-0.05, 0) is 181 Å². The summed E-state index contributed by atoms with van der Waals surface area (Å²) in [5.41, 5.74) is 13.8. The molecule has 0 atom stereocenters. The van der Waals surface area contributed by atoms with Gasteiger partial charge >= 0.3 is 0 Å². The molecule has 0 bridgehead atoms. The number of hydrogen-bond acceptors (Lipinski definition) is 8. The third-order valence-corrected chi connectivity index (χ3v) is 22.6. The fraction of sp³-hybridized carbons (Fsp3) is 0.439. The molecule has 2 aliphatic rings. The van der Waals surface area contributed by atoms with E-state index in [2.05, 4.69) is 195 Å². The van der Waals surface area contributed by atoms with Gasteiger partial charge in [0.2, 0.25) is 0 Å². The van der Waals surface area contributed by atoms with Crippen molar-refractivity contribution in [1.82, 2.24) is 0 Å². The topological polar surface area (TPSA) is 24.9 Å². The molecule has 8 heteroatoms. The van der Waals surface area contributed by atoms with E-state index in [4.69, 9.17) is 9.47 Å². The molecular formula is C82H102N2O2S4. The van der Waals surface area contributed by atoms with Gasteiger partial charge in [-0.25, -0.2) is 0 Å². The maximum Gasteiger partial charge on any atom is 0.119 e. The number of rotatable bonds is 40. The fourth-order valence-electron chi connectivity index (χ4n) is 12.8. The Morgan fingerprint density at radius 1 is 0.356 bits per heavy atom. The second-order valence-corrected chi connectivity index (χ2v) is 29.4. The summed E-state index contributed by atoms with van der Waals surface area (Å²) in [6, 6.07) is 52.6. The summed E-state index contributed by atoms with van der Waals surface area (Å²) >= 11 is 7.71. The molecule has 0 saturated carbocycles. The van der Waals surface area contributed by atoms with E-state index in [0.29, 0.717) is 0 Å². The highest BCUT2D eigenvalue weighted by atomic mass is 32.2. The van der Waals surface area contributed by atoms with Crippen LogP contribution in [0.1, 0.15) is 230 Å². The molecule has 2 aliphatic heterocycles. The lowest BCUT2D eigenvalue weighted by Gasteiger charge is -2.33. The lowest BCUT2D eigenvalue weighted by molar-refractivity contribution is 0.304. The normalized spacial score (nSPS) is 12.6. The molecule has 8 aromatic rings. The van der Waals surface area contributed by atoms with E-state index in [0.717, 1.165) is 55.4 Å². The van der Waals surface area contributed by atoms with Crippen LogP contribution >= 0.6 is 46.2 Å². The average Bonchev–Trinajstić information content (AvgIpc) is 0.944. The summed E-state index contributed by atoms with van der Waals surface area (Å²) < 4.78 is 12.7. The molecule has 4 heterocycles. The molecule has 0 unspecified atom stereocenters. The number of anilines is 6. The van der Waals surface area contributed by atoms with Crippen LogP contribution in [0.5, 0.6) is 11.5 Å². The van der Waals surface area contributed by atoms with Gasteiger partial charge < -0.3 is 19.3 Å². The standard InChI is InChI=1S/C82H102N2O2S4/c1-5-9-13-17-19-21-23-25-27-33-56-85-70-48-44-68(45-49-70)83-72-37-31-32-38-76(72)88-79-59-63(41-52-73(79)83)39-40-64-42-53-74-80(60-64)89-77-54-43-66(78-62-67(36-30-16-12-8-4)82(90-78)81-65(55-58-87-81)35-29-15-11-7-3)61-75(77)84(74)69-46-50-71(51-47-69)86-57-34-28-26-24-22-20-18-14-10-6-2/h31-32,37-55,58-62H,5-30,33-36,56-57H2,1-4H3/b40-39+. The minimum Gasteiger partial charge on any atom is -0.494 e. The Hall–Kier alpha value is -5.64. The third kappa shape index (κ3) is 19.0. The Morgan fingerprint density at radius 3 is 1.32 bits per heavy atom. The summed E-state index contributed by atoms with van der Waals surface area (Å²) in [6.45, 7) is 10.7. The second kappa shape index (κ2) is 36.6. The summed E-state index contributed by atoms with van der Waals surface area (Å²) in [6.07, 6.45) is 43.6. The smallest absolute Gasteiger partial charge is 0.119 e. The van der Waals surface area contributed by atoms with Crippen LogP contribution in [0.25, 0.3) is 32.3 Å². The van der Waals surface area contributed by atoms with Crippen molar-refractivity contribution in [3.8, 4) is 31.7 Å². The van der Waals surface area contributed by atoms with Crippen LogP contribution in [0.3, 0.4) is 0 Å². The van der Waals surface area contributed by atoms with Crippen molar-refractivity contribution in [2.45, 2.75) is 240 Å². The zero-order valence-electron chi connectivity index (χ0n) is 55.0. The first-order chi connectivity index (χ1) is 44.5. The Bertz CT molecular complexity index is 3450. The van der Waals surface area contributed by atoms with E-state index in [9.17, 15) is 0 Å². The van der Waals surface area contributed by atoms with E-state index in [1.54, 1.807) is 0 Å². The Kier molecular flexibility index (Phi) is 27.3. The number of hydrogen-bond donors (Lipinski definition) is 0. The molecule has 0 radical (unpaired) electrons. The minimum atomic E-state index is 0.762. The highest BCUT2D eigenvalue weighted by molar-refractivity contribution is 8.00. The van der Waals surface area contributed by atoms with Crippen LogP contribution < -0.4 is 19.3 Å². The molecule has 0 saturated heterocycles. The maximum atomic E-state index is 6.41. The van der Waals surface area contributed by atoms with E-state index in [-0.39, 0.29) is 0 Å². The van der Waals surface area contributed by atoms with Crippen molar-refractivity contribution in [3.05, 3.63) is 167 Å². The number of para-hydroxylation sites is 1. The number of unbranched alkanes of at least 4 members (excludes halogenated alkanes) is 24. The van der Waals surface area contributed by atoms with Gasteiger partial charge in [0.15, 0.2) is 0 Å². The van der Waals surface area contributed by atoms with Crippen molar-refractivity contribution >= 4 is 92.5 Å². The van der Waals surface area contributed by atoms with E-state index >= 15 is 0 Å². The second-order valence-electron chi connectivity index (χ2n) is 25.2.